The lowest BCUT2D eigenvalue weighted by Crippen LogP contribution is -1.97. The van der Waals surface area contributed by atoms with Gasteiger partial charge in [-0.3, -0.25) is 0 Å². The van der Waals surface area contributed by atoms with Crippen molar-refractivity contribution in [1.82, 2.24) is 0 Å². The molecule has 0 bridgehead atoms. The fraction of sp³-hybridized carbons (Fsp3) is 0.0909. The van der Waals surface area contributed by atoms with E-state index in [4.69, 9.17) is 23.2 Å². The Morgan fingerprint density at radius 2 is 2.06 bits per heavy atom. The highest BCUT2D eigenvalue weighted by molar-refractivity contribution is 14.1. The van der Waals surface area contributed by atoms with Crippen LogP contribution in [0.1, 0.15) is 4.88 Å². The Hall–Kier alpha value is 0.510. The summed E-state index contributed by atoms with van der Waals surface area (Å²) in [7, 11) is 0. The van der Waals surface area contributed by atoms with E-state index in [-0.39, 0.29) is 0 Å². The molecule has 0 unspecified atom stereocenters. The molecule has 2 aromatic rings. The highest BCUT2D eigenvalue weighted by atomic mass is 127. The van der Waals surface area contributed by atoms with Gasteiger partial charge in [-0.15, -0.1) is 11.3 Å². The summed E-state index contributed by atoms with van der Waals surface area (Å²) in [5.74, 6) is 0. The van der Waals surface area contributed by atoms with Crippen molar-refractivity contribution in [2.75, 3.05) is 5.32 Å². The molecule has 0 aliphatic rings. The van der Waals surface area contributed by atoms with Crippen LogP contribution >= 0.6 is 73.1 Å². The summed E-state index contributed by atoms with van der Waals surface area (Å²) in [4.78, 5) is 1.16. The molecule has 0 amide bonds. The first-order valence-corrected chi connectivity index (χ1v) is 8.13. The summed E-state index contributed by atoms with van der Waals surface area (Å²) < 4.78 is 2.84. The molecular formula is C11H7BrCl2INS. The maximum Gasteiger partial charge on any atom is 0.107 e. The normalized spacial score (nSPS) is 10.6. The molecule has 0 aliphatic carbocycles. The standard InChI is InChI=1S/C11H7BrCl2INS/c12-8-4-7(17-11(8)14)5-16-10-2-1-6(15)3-9(10)13/h1-4,16H,5H2. The molecule has 0 atom stereocenters. The quantitative estimate of drug-likeness (QED) is 0.549. The molecule has 1 aromatic heterocycles. The van der Waals surface area contributed by atoms with Crippen molar-refractivity contribution in [2.24, 2.45) is 0 Å². The van der Waals surface area contributed by atoms with Crippen LogP contribution in [0.15, 0.2) is 28.7 Å². The lowest BCUT2D eigenvalue weighted by molar-refractivity contribution is 1.19. The van der Waals surface area contributed by atoms with Crippen LogP contribution in [0, 0.1) is 3.57 Å². The Labute approximate surface area is 136 Å². The maximum absolute atomic E-state index is 6.13. The van der Waals surface area contributed by atoms with Crippen LogP contribution in [0.5, 0.6) is 0 Å². The summed E-state index contributed by atoms with van der Waals surface area (Å²) in [6.45, 7) is 0.719. The number of nitrogens with one attached hydrogen (secondary N) is 1. The number of halogens is 4. The van der Waals surface area contributed by atoms with E-state index in [0.29, 0.717) is 0 Å². The second-order valence-corrected chi connectivity index (χ2v) is 7.56. The van der Waals surface area contributed by atoms with Gasteiger partial charge in [-0.1, -0.05) is 23.2 Å². The first kappa shape index (κ1) is 13.9. The van der Waals surface area contributed by atoms with E-state index in [1.807, 2.05) is 24.3 Å². The highest BCUT2D eigenvalue weighted by Gasteiger charge is 2.05. The van der Waals surface area contributed by atoms with Gasteiger partial charge in [0.1, 0.15) is 4.34 Å². The van der Waals surface area contributed by atoms with Crippen LogP contribution in [-0.4, -0.2) is 0 Å². The van der Waals surface area contributed by atoms with Crippen molar-refractivity contribution >= 4 is 78.7 Å². The average molecular weight is 463 g/mol. The van der Waals surface area contributed by atoms with Gasteiger partial charge in [0.05, 0.1) is 10.7 Å². The monoisotopic (exact) mass is 461 g/mol. The van der Waals surface area contributed by atoms with Gasteiger partial charge in [-0.2, -0.15) is 0 Å². The van der Waals surface area contributed by atoms with Crippen LogP contribution in [0.25, 0.3) is 0 Å². The molecule has 0 saturated heterocycles. The molecule has 2 rings (SSSR count). The number of benzene rings is 1. The van der Waals surface area contributed by atoms with Crippen LogP contribution in [0.3, 0.4) is 0 Å². The second kappa shape index (κ2) is 6.10. The third-order valence-electron chi connectivity index (χ3n) is 2.08. The fourth-order valence-electron chi connectivity index (χ4n) is 1.29. The first-order valence-electron chi connectivity index (χ1n) is 4.69. The summed E-state index contributed by atoms with van der Waals surface area (Å²) in [5, 5.41) is 4.03. The van der Waals surface area contributed by atoms with Gasteiger partial charge in [-0.25, -0.2) is 0 Å². The lowest BCUT2D eigenvalue weighted by Gasteiger charge is -2.07. The van der Waals surface area contributed by atoms with E-state index in [2.05, 4.69) is 43.8 Å². The third kappa shape index (κ3) is 3.73. The molecule has 0 radical (unpaired) electrons. The van der Waals surface area contributed by atoms with Crippen LogP contribution in [0.2, 0.25) is 9.36 Å². The minimum absolute atomic E-state index is 0.719. The Balaban J connectivity index is 2.07. The number of anilines is 1. The molecule has 1 aromatic carbocycles. The third-order valence-corrected chi connectivity index (χ3v) is 5.54. The minimum atomic E-state index is 0.719. The molecule has 1 nitrogen and oxygen atoms in total. The fourth-order valence-corrected chi connectivity index (χ4v) is 3.95. The van der Waals surface area contributed by atoms with Crippen molar-refractivity contribution in [3.05, 3.63) is 46.5 Å². The molecule has 0 fully saturated rings. The molecule has 90 valence electrons. The predicted octanol–water partition coefficient (Wildman–Crippen LogP) is 6.03. The topological polar surface area (TPSA) is 12.0 Å². The molecule has 0 spiro atoms. The minimum Gasteiger partial charge on any atom is -0.379 e. The van der Waals surface area contributed by atoms with Gasteiger partial charge < -0.3 is 5.32 Å². The number of thiophene rings is 1. The molecule has 0 aliphatic heterocycles. The van der Waals surface area contributed by atoms with E-state index in [1.165, 1.54) is 0 Å². The van der Waals surface area contributed by atoms with E-state index in [1.54, 1.807) is 11.3 Å². The van der Waals surface area contributed by atoms with Crippen LogP contribution in [-0.2, 0) is 6.54 Å². The van der Waals surface area contributed by atoms with Gasteiger partial charge in [0, 0.05) is 19.5 Å². The Morgan fingerprint density at radius 1 is 1.29 bits per heavy atom. The zero-order chi connectivity index (χ0) is 12.4. The van der Waals surface area contributed by atoms with Crippen molar-refractivity contribution in [3.63, 3.8) is 0 Å². The van der Waals surface area contributed by atoms with Crippen LogP contribution < -0.4 is 5.32 Å². The highest BCUT2D eigenvalue weighted by Crippen LogP contribution is 2.33. The van der Waals surface area contributed by atoms with Crippen molar-refractivity contribution in [2.45, 2.75) is 6.54 Å². The van der Waals surface area contributed by atoms with Gasteiger partial charge in [0.25, 0.3) is 0 Å². The molecule has 17 heavy (non-hydrogen) atoms. The molecular weight excluding hydrogens is 456 g/mol. The largest absolute Gasteiger partial charge is 0.379 e. The van der Waals surface area contributed by atoms with Gasteiger partial charge >= 0.3 is 0 Å². The van der Waals surface area contributed by atoms with E-state index >= 15 is 0 Å². The van der Waals surface area contributed by atoms with Crippen molar-refractivity contribution < 1.29 is 0 Å². The smallest absolute Gasteiger partial charge is 0.107 e. The van der Waals surface area contributed by atoms with Crippen molar-refractivity contribution in [1.29, 1.82) is 0 Å². The van der Waals surface area contributed by atoms with Gasteiger partial charge in [0.15, 0.2) is 0 Å². The summed E-state index contributed by atoms with van der Waals surface area (Å²) in [5.41, 5.74) is 0.938. The average Bonchev–Trinajstić information content (AvgIpc) is 2.57. The Kier molecular flexibility index (Phi) is 5.00. The first-order chi connectivity index (χ1) is 8.06. The van der Waals surface area contributed by atoms with Gasteiger partial charge in [-0.05, 0) is 62.8 Å². The molecule has 6 heteroatoms. The summed E-state index contributed by atoms with van der Waals surface area (Å²) in [6.07, 6.45) is 0. The van der Waals surface area contributed by atoms with E-state index in [9.17, 15) is 0 Å². The summed E-state index contributed by atoms with van der Waals surface area (Å²) >= 11 is 19.3. The second-order valence-electron chi connectivity index (χ2n) is 3.31. The zero-order valence-electron chi connectivity index (χ0n) is 8.44. The predicted molar refractivity (Wildman–Crippen MR) is 88.5 cm³/mol. The number of hydrogen-bond donors (Lipinski definition) is 1. The lowest BCUT2D eigenvalue weighted by atomic mass is 10.3. The molecule has 1 heterocycles. The molecule has 1 N–H and O–H groups in total. The van der Waals surface area contributed by atoms with Gasteiger partial charge in [0.2, 0.25) is 0 Å². The van der Waals surface area contributed by atoms with E-state index in [0.717, 1.165) is 34.5 Å². The number of rotatable bonds is 3. The van der Waals surface area contributed by atoms with E-state index < -0.39 is 0 Å². The number of hydrogen-bond acceptors (Lipinski definition) is 2. The van der Waals surface area contributed by atoms with Crippen LogP contribution in [0.4, 0.5) is 5.69 Å². The Morgan fingerprint density at radius 3 is 2.65 bits per heavy atom. The maximum atomic E-state index is 6.13. The Bertz CT molecular complexity index is 525. The summed E-state index contributed by atoms with van der Waals surface area (Å²) in [6, 6.07) is 7.95. The SMILES string of the molecule is Clc1cc(I)ccc1NCc1cc(Br)c(Cl)s1. The zero-order valence-corrected chi connectivity index (χ0v) is 14.5. The molecule has 0 saturated carbocycles. The van der Waals surface area contributed by atoms with Crippen molar-refractivity contribution in [3.8, 4) is 0 Å².